The van der Waals surface area contributed by atoms with Crippen molar-refractivity contribution in [2.45, 2.75) is 6.92 Å². The molecule has 2 rings (SSSR count). The fourth-order valence-electron chi connectivity index (χ4n) is 1.58. The average molecular weight is 278 g/mol. The third kappa shape index (κ3) is 3.03. The second-order valence-corrected chi connectivity index (χ2v) is 5.00. The minimum absolute atomic E-state index is 0.204. The highest BCUT2D eigenvalue weighted by Crippen LogP contribution is 2.28. The summed E-state index contributed by atoms with van der Waals surface area (Å²) in [5.41, 5.74) is 0.503. The van der Waals surface area contributed by atoms with E-state index in [9.17, 15) is 4.79 Å². The van der Waals surface area contributed by atoms with Crippen LogP contribution in [-0.4, -0.2) is 25.1 Å². The Labute approximate surface area is 115 Å². The number of nitrogens with one attached hydrogen (secondary N) is 1. The van der Waals surface area contributed by atoms with Gasteiger partial charge in [0.1, 0.15) is 5.00 Å². The number of benzene rings is 1. The molecule has 100 valence electrons. The molecule has 0 aliphatic rings. The van der Waals surface area contributed by atoms with Gasteiger partial charge in [-0.05, 0) is 25.1 Å². The van der Waals surface area contributed by atoms with Crippen LogP contribution in [0.2, 0.25) is 0 Å². The highest BCUT2D eigenvalue weighted by atomic mass is 32.1. The number of nitrogens with zero attached hydrogens (tertiary/aromatic N) is 1. The summed E-state index contributed by atoms with van der Waals surface area (Å²) in [6, 6.07) is 5.03. The molecule has 0 unspecified atom stereocenters. The van der Waals surface area contributed by atoms with Gasteiger partial charge in [0, 0.05) is 5.56 Å². The summed E-state index contributed by atoms with van der Waals surface area (Å²) in [6.45, 7) is 1.89. The largest absolute Gasteiger partial charge is 0.493 e. The van der Waals surface area contributed by atoms with Crippen molar-refractivity contribution in [2.75, 3.05) is 19.5 Å². The van der Waals surface area contributed by atoms with Crippen LogP contribution in [0.5, 0.6) is 11.5 Å². The van der Waals surface area contributed by atoms with Gasteiger partial charge in [-0.1, -0.05) is 0 Å². The van der Waals surface area contributed by atoms with Crippen molar-refractivity contribution in [1.29, 1.82) is 0 Å². The zero-order valence-electron chi connectivity index (χ0n) is 10.9. The highest BCUT2D eigenvalue weighted by Gasteiger charge is 2.11. The standard InChI is InChI=1S/C13H14N2O3S/c1-8-14-7-12(19-8)15-13(16)9-4-5-10(17-2)11(6-9)18-3/h4-7H,1-3H3,(H,15,16). The number of carbonyl (C=O) groups is 1. The van der Waals surface area contributed by atoms with Crippen LogP contribution in [0.4, 0.5) is 5.00 Å². The highest BCUT2D eigenvalue weighted by molar-refractivity contribution is 7.15. The maximum absolute atomic E-state index is 12.1. The summed E-state index contributed by atoms with van der Waals surface area (Å²) in [5.74, 6) is 0.910. The number of thiazole rings is 1. The Morgan fingerprint density at radius 2 is 2.00 bits per heavy atom. The van der Waals surface area contributed by atoms with E-state index in [1.54, 1.807) is 31.5 Å². The second-order valence-electron chi connectivity index (χ2n) is 3.77. The van der Waals surface area contributed by atoms with Crippen molar-refractivity contribution in [1.82, 2.24) is 4.98 Å². The third-order valence-electron chi connectivity index (χ3n) is 2.50. The van der Waals surface area contributed by atoms with Crippen molar-refractivity contribution in [2.24, 2.45) is 0 Å². The molecular formula is C13H14N2O3S. The minimum Gasteiger partial charge on any atom is -0.493 e. The topological polar surface area (TPSA) is 60.5 Å². The zero-order valence-corrected chi connectivity index (χ0v) is 11.7. The number of methoxy groups -OCH3 is 2. The molecule has 0 saturated heterocycles. The summed E-state index contributed by atoms with van der Waals surface area (Å²) in [7, 11) is 3.09. The molecule has 0 fully saturated rings. The lowest BCUT2D eigenvalue weighted by Gasteiger charge is -2.09. The predicted molar refractivity (Wildman–Crippen MR) is 74.4 cm³/mol. The monoisotopic (exact) mass is 278 g/mol. The summed E-state index contributed by atoms with van der Waals surface area (Å²) >= 11 is 1.43. The van der Waals surface area contributed by atoms with E-state index in [2.05, 4.69) is 10.3 Å². The molecule has 1 aromatic carbocycles. The Kier molecular flexibility index (Phi) is 4.01. The van der Waals surface area contributed by atoms with Crippen LogP contribution in [0, 0.1) is 6.92 Å². The van der Waals surface area contributed by atoms with Crippen LogP contribution in [0.15, 0.2) is 24.4 Å². The summed E-state index contributed by atoms with van der Waals surface area (Å²) in [5, 5.41) is 4.41. The van der Waals surface area contributed by atoms with Crippen LogP contribution in [0.1, 0.15) is 15.4 Å². The second kappa shape index (κ2) is 5.71. The first-order chi connectivity index (χ1) is 9.13. The van der Waals surface area contributed by atoms with Gasteiger partial charge in [-0.25, -0.2) is 4.98 Å². The van der Waals surface area contributed by atoms with Crippen LogP contribution in [0.25, 0.3) is 0 Å². The lowest BCUT2D eigenvalue weighted by Crippen LogP contribution is -2.11. The maximum atomic E-state index is 12.1. The number of carbonyl (C=O) groups excluding carboxylic acids is 1. The van der Waals surface area contributed by atoms with Crippen LogP contribution >= 0.6 is 11.3 Å². The molecule has 1 N–H and O–H groups in total. The van der Waals surface area contributed by atoms with E-state index in [0.717, 1.165) is 10.0 Å². The number of amides is 1. The third-order valence-corrected chi connectivity index (χ3v) is 3.33. The number of rotatable bonds is 4. The predicted octanol–water partition coefficient (Wildman–Crippen LogP) is 2.72. The van der Waals surface area contributed by atoms with Crippen molar-refractivity contribution >= 4 is 22.2 Å². The fourth-order valence-corrected chi connectivity index (χ4v) is 2.25. The molecule has 6 heteroatoms. The zero-order chi connectivity index (χ0) is 13.8. The van der Waals surface area contributed by atoms with E-state index in [4.69, 9.17) is 9.47 Å². The van der Waals surface area contributed by atoms with Crippen molar-refractivity contribution in [3.05, 3.63) is 35.0 Å². The van der Waals surface area contributed by atoms with Gasteiger partial charge >= 0.3 is 0 Å². The molecule has 0 spiro atoms. The first-order valence-electron chi connectivity index (χ1n) is 5.60. The maximum Gasteiger partial charge on any atom is 0.256 e. The first-order valence-corrected chi connectivity index (χ1v) is 6.41. The quantitative estimate of drug-likeness (QED) is 0.934. The first kappa shape index (κ1) is 13.4. The Morgan fingerprint density at radius 1 is 1.26 bits per heavy atom. The smallest absolute Gasteiger partial charge is 0.256 e. The van der Waals surface area contributed by atoms with E-state index in [-0.39, 0.29) is 5.91 Å². The molecule has 5 nitrogen and oxygen atoms in total. The number of aryl methyl sites for hydroxylation is 1. The summed E-state index contributed by atoms with van der Waals surface area (Å²) in [6.07, 6.45) is 1.64. The number of anilines is 1. The van der Waals surface area contributed by atoms with Gasteiger partial charge in [0.05, 0.1) is 25.4 Å². The number of hydrogen-bond donors (Lipinski definition) is 1. The molecule has 0 bridgehead atoms. The van der Waals surface area contributed by atoms with Crippen LogP contribution in [0.3, 0.4) is 0 Å². The molecule has 0 atom stereocenters. The molecule has 1 heterocycles. The van der Waals surface area contributed by atoms with Crippen molar-refractivity contribution in [3.8, 4) is 11.5 Å². The molecule has 0 radical (unpaired) electrons. The Bertz CT molecular complexity index is 595. The van der Waals surface area contributed by atoms with E-state index >= 15 is 0 Å². The summed E-state index contributed by atoms with van der Waals surface area (Å²) in [4.78, 5) is 16.1. The Morgan fingerprint density at radius 3 is 2.58 bits per heavy atom. The molecule has 0 saturated carbocycles. The van der Waals surface area contributed by atoms with Crippen LogP contribution in [-0.2, 0) is 0 Å². The van der Waals surface area contributed by atoms with Crippen molar-refractivity contribution < 1.29 is 14.3 Å². The molecule has 1 amide bonds. The van der Waals surface area contributed by atoms with Gasteiger partial charge in [-0.3, -0.25) is 4.79 Å². The van der Waals surface area contributed by atoms with E-state index in [1.165, 1.54) is 18.4 Å². The van der Waals surface area contributed by atoms with Crippen LogP contribution < -0.4 is 14.8 Å². The summed E-state index contributed by atoms with van der Waals surface area (Å²) < 4.78 is 10.3. The lowest BCUT2D eigenvalue weighted by molar-refractivity contribution is 0.102. The van der Waals surface area contributed by atoms with E-state index in [0.29, 0.717) is 17.1 Å². The molecule has 0 aliphatic heterocycles. The van der Waals surface area contributed by atoms with Gasteiger partial charge in [0.15, 0.2) is 11.5 Å². The van der Waals surface area contributed by atoms with Gasteiger partial charge in [0.25, 0.3) is 5.91 Å². The van der Waals surface area contributed by atoms with E-state index < -0.39 is 0 Å². The van der Waals surface area contributed by atoms with Gasteiger partial charge in [-0.15, -0.1) is 11.3 Å². The molecular weight excluding hydrogens is 264 g/mol. The Hall–Kier alpha value is -2.08. The number of hydrogen-bond acceptors (Lipinski definition) is 5. The average Bonchev–Trinajstić information content (AvgIpc) is 2.83. The molecule has 2 aromatic rings. The SMILES string of the molecule is COc1ccc(C(=O)Nc2cnc(C)s2)cc1OC. The fraction of sp³-hybridized carbons (Fsp3) is 0.231. The van der Waals surface area contributed by atoms with Gasteiger partial charge in [-0.2, -0.15) is 0 Å². The van der Waals surface area contributed by atoms with Gasteiger partial charge in [0.2, 0.25) is 0 Å². The molecule has 0 aliphatic carbocycles. The lowest BCUT2D eigenvalue weighted by atomic mass is 10.2. The van der Waals surface area contributed by atoms with Crippen molar-refractivity contribution in [3.63, 3.8) is 0 Å². The van der Waals surface area contributed by atoms with Gasteiger partial charge < -0.3 is 14.8 Å². The molecule has 1 aromatic heterocycles. The normalized spacial score (nSPS) is 10.1. The number of ether oxygens (including phenoxy) is 2. The number of aromatic nitrogens is 1. The van der Waals surface area contributed by atoms with E-state index in [1.807, 2.05) is 6.92 Å². The molecule has 19 heavy (non-hydrogen) atoms. The Balaban J connectivity index is 2.19. The minimum atomic E-state index is -0.204.